The lowest BCUT2D eigenvalue weighted by Gasteiger charge is -2.14. The van der Waals surface area contributed by atoms with Gasteiger partial charge in [0.1, 0.15) is 5.52 Å². The molecule has 31 heavy (non-hydrogen) atoms. The molecule has 158 valence electrons. The van der Waals surface area contributed by atoms with Gasteiger partial charge in [-0.1, -0.05) is 12.1 Å². The Kier molecular flexibility index (Phi) is 5.28. The van der Waals surface area contributed by atoms with E-state index < -0.39 is 17.8 Å². The van der Waals surface area contributed by atoms with Crippen LogP contribution in [0.15, 0.2) is 66.0 Å². The van der Waals surface area contributed by atoms with Crippen LogP contribution in [0.25, 0.3) is 33.4 Å². The van der Waals surface area contributed by atoms with E-state index in [1.807, 2.05) is 0 Å². The van der Waals surface area contributed by atoms with Gasteiger partial charge in [0.2, 0.25) is 0 Å². The van der Waals surface area contributed by atoms with E-state index in [9.17, 15) is 23.1 Å². The van der Waals surface area contributed by atoms with Gasteiger partial charge < -0.3 is 5.11 Å². The van der Waals surface area contributed by atoms with Crippen LogP contribution in [-0.2, 0) is 6.18 Å². The lowest BCUT2D eigenvalue weighted by molar-refractivity contribution is -0.137. The van der Waals surface area contributed by atoms with Gasteiger partial charge in [-0.15, -0.1) is 0 Å². The van der Waals surface area contributed by atoms with Crippen LogP contribution in [0.4, 0.5) is 13.2 Å². The van der Waals surface area contributed by atoms with E-state index in [0.717, 1.165) is 12.1 Å². The topological polar surface area (TPSA) is 80.9 Å². The molecule has 1 N–H and O–H groups in total. The highest BCUT2D eigenvalue weighted by molar-refractivity contribution is 5.93. The summed E-state index contributed by atoms with van der Waals surface area (Å²) in [5, 5.41) is 9.68. The predicted molar refractivity (Wildman–Crippen MR) is 109 cm³/mol. The molecule has 0 bridgehead atoms. The molecular weight excluding hydrogens is 409 g/mol. The van der Waals surface area contributed by atoms with Crippen LogP contribution in [0, 0.1) is 0 Å². The number of fused-ring (bicyclic) bond motifs is 1. The largest absolute Gasteiger partial charge is 0.416 e. The van der Waals surface area contributed by atoms with E-state index in [0.29, 0.717) is 28.0 Å². The monoisotopic (exact) mass is 426 g/mol. The molecule has 0 saturated heterocycles. The SMILES string of the molecule is CC(CO)n1cnc2c(-c3cccnc3)nc(-c3ccc(C(F)(F)F)cc3)cc2c1=O. The quantitative estimate of drug-likeness (QED) is 0.532. The van der Waals surface area contributed by atoms with E-state index in [1.54, 1.807) is 31.5 Å². The number of rotatable bonds is 4. The second-order valence-corrected chi connectivity index (χ2v) is 7.06. The first-order valence-electron chi connectivity index (χ1n) is 9.40. The zero-order chi connectivity index (χ0) is 22.2. The van der Waals surface area contributed by atoms with Crippen LogP contribution in [0.1, 0.15) is 18.5 Å². The molecule has 6 nitrogen and oxygen atoms in total. The minimum Gasteiger partial charge on any atom is -0.394 e. The summed E-state index contributed by atoms with van der Waals surface area (Å²) in [5.74, 6) is 0. The van der Waals surface area contributed by atoms with Gasteiger partial charge in [-0.3, -0.25) is 14.3 Å². The number of aliphatic hydroxyl groups excluding tert-OH is 1. The van der Waals surface area contributed by atoms with Crippen LogP contribution < -0.4 is 5.56 Å². The maximum absolute atomic E-state index is 13.1. The normalized spacial score (nSPS) is 12.8. The van der Waals surface area contributed by atoms with Crippen molar-refractivity contribution < 1.29 is 18.3 Å². The lowest BCUT2D eigenvalue weighted by Crippen LogP contribution is -2.25. The third kappa shape index (κ3) is 3.91. The third-order valence-electron chi connectivity index (χ3n) is 4.95. The summed E-state index contributed by atoms with van der Waals surface area (Å²) in [6, 6.07) is 9.06. The first-order valence-corrected chi connectivity index (χ1v) is 9.40. The second-order valence-electron chi connectivity index (χ2n) is 7.06. The lowest BCUT2D eigenvalue weighted by atomic mass is 10.0. The van der Waals surface area contributed by atoms with E-state index in [4.69, 9.17) is 0 Å². The Morgan fingerprint density at radius 3 is 2.48 bits per heavy atom. The van der Waals surface area contributed by atoms with Crippen LogP contribution in [0.5, 0.6) is 0 Å². The van der Waals surface area contributed by atoms with Gasteiger partial charge in [0, 0.05) is 23.5 Å². The molecule has 1 atom stereocenters. The first-order chi connectivity index (χ1) is 14.8. The van der Waals surface area contributed by atoms with Crippen LogP contribution in [0.2, 0.25) is 0 Å². The van der Waals surface area contributed by atoms with Crippen molar-refractivity contribution in [3.63, 3.8) is 0 Å². The molecule has 0 aliphatic rings. The summed E-state index contributed by atoms with van der Waals surface area (Å²) < 4.78 is 40.1. The standard InChI is InChI=1S/C22H17F3N4O2/c1-13(11-30)29-12-27-20-17(21(29)31)9-18(28-19(20)15-3-2-8-26-10-15)14-4-6-16(7-5-14)22(23,24)25/h2-10,12-13,30H,11H2,1H3. The molecule has 0 aliphatic heterocycles. The number of aromatic nitrogens is 4. The van der Waals surface area contributed by atoms with Gasteiger partial charge in [0.05, 0.1) is 41.3 Å². The Hall–Kier alpha value is -3.59. The number of alkyl halides is 3. The summed E-state index contributed by atoms with van der Waals surface area (Å²) in [5.41, 5.74) is 0.938. The van der Waals surface area contributed by atoms with Gasteiger partial charge in [-0.2, -0.15) is 13.2 Å². The van der Waals surface area contributed by atoms with Crippen molar-refractivity contribution in [2.45, 2.75) is 19.1 Å². The van der Waals surface area contributed by atoms with Crippen molar-refractivity contribution in [1.82, 2.24) is 19.5 Å². The molecule has 0 amide bonds. The zero-order valence-corrected chi connectivity index (χ0v) is 16.3. The van der Waals surface area contributed by atoms with Crippen LogP contribution in [-0.4, -0.2) is 31.2 Å². The number of halogens is 3. The van der Waals surface area contributed by atoms with Crippen molar-refractivity contribution in [3.8, 4) is 22.5 Å². The average Bonchev–Trinajstić information content (AvgIpc) is 2.78. The summed E-state index contributed by atoms with van der Waals surface area (Å²) in [7, 11) is 0. The maximum Gasteiger partial charge on any atom is 0.416 e. The number of hydrogen-bond donors (Lipinski definition) is 1. The molecule has 0 saturated carbocycles. The maximum atomic E-state index is 13.1. The summed E-state index contributed by atoms with van der Waals surface area (Å²) >= 11 is 0. The minimum atomic E-state index is -4.45. The van der Waals surface area contributed by atoms with Gasteiger partial charge in [-0.25, -0.2) is 9.97 Å². The fourth-order valence-corrected chi connectivity index (χ4v) is 3.23. The minimum absolute atomic E-state index is 0.242. The number of hydrogen-bond acceptors (Lipinski definition) is 5. The molecule has 9 heteroatoms. The molecule has 0 spiro atoms. The van der Waals surface area contributed by atoms with Crippen molar-refractivity contribution in [1.29, 1.82) is 0 Å². The highest BCUT2D eigenvalue weighted by Crippen LogP contribution is 2.32. The summed E-state index contributed by atoms with van der Waals surface area (Å²) in [4.78, 5) is 26.2. The molecule has 3 heterocycles. The second kappa shape index (κ2) is 7.92. The average molecular weight is 426 g/mol. The number of benzene rings is 1. The van der Waals surface area contributed by atoms with Gasteiger partial charge in [0.25, 0.3) is 5.56 Å². The van der Waals surface area contributed by atoms with Gasteiger partial charge >= 0.3 is 6.18 Å². The summed E-state index contributed by atoms with van der Waals surface area (Å²) in [6.45, 7) is 1.42. The fourth-order valence-electron chi connectivity index (χ4n) is 3.23. The molecule has 4 rings (SSSR count). The molecule has 3 aromatic heterocycles. The zero-order valence-electron chi connectivity index (χ0n) is 16.3. The molecule has 1 aromatic carbocycles. The van der Waals surface area contributed by atoms with Crippen molar-refractivity contribution in [3.05, 3.63) is 77.1 Å². The molecule has 4 aromatic rings. The molecule has 0 aliphatic carbocycles. The number of aliphatic hydroxyl groups is 1. The molecule has 0 radical (unpaired) electrons. The predicted octanol–water partition coefficient (Wildman–Crippen LogP) is 4.09. The van der Waals surface area contributed by atoms with E-state index in [-0.39, 0.29) is 17.6 Å². The van der Waals surface area contributed by atoms with E-state index in [1.165, 1.54) is 29.1 Å². The Morgan fingerprint density at radius 2 is 1.87 bits per heavy atom. The van der Waals surface area contributed by atoms with Crippen LogP contribution >= 0.6 is 0 Å². The van der Waals surface area contributed by atoms with Crippen molar-refractivity contribution in [2.24, 2.45) is 0 Å². The van der Waals surface area contributed by atoms with Crippen molar-refractivity contribution in [2.75, 3.05) is 6.61 Å². The smallest absolute Gasteiger partial charge is 0.394 e. The molecule has 0 fully saturated rings. The number of pyridine rings is 2. The van der Waals surface area contributed by atoms with E-state index in [2.05, 4.69) is 15.0 Å². The van der Waals surface area contributed by atoms with Crippen LogP contribution in [0.3, 0.4) is 0 Å². The Labute approximate surface area is 174 Å². The Balaban J connectivity index is 1.98. The highest BCUT2D eigenvalue weighted by Gasteiger charge is 2.30. The highest BCUT2D eigenvalue weighted by atomic mass is 19.4. The summed E-state index contributed by atoms with van der Waals surface area (Å²) in [6.07, 6.45) is 0.0653. The van der Waals surface area contributed by atoms with Crippen molar-refractivity contribution >= 4 is 10.9 Å². The Morgan fingerprint density at radius 1 is 1.13 bits per heavy atom. The fraction of sp³-hybridized carbons (Fsp3) is 0.182. The van der Waals surface area contributed by atoms with Gasteiger partial charge in [0.15, 0.2) is 0 Å². The molecule has 1 unspecified atom stereocenters. The molecular formula is C22H17F3N4O2. The Bertz CT molecular complexity index is 1290. The first kappa shape index (κ1) is 20.7. The number of nitrogens with zero attached hydrogens (tertiary/aromatic N) is 4. The van der Waals surface area contributed by atoms with E-state index >= 15 is 0 Å². The third-order valence-corrected chi connectivity index (χ3v) is 4.95. The van der Waals surface area contributed by atoms with Gasteiger partial charge in [-0.05, 0) is 37.3 Å².